The molecule has 2 aliphatic rings. The Hall–Kier alpha value is -3.47. The van der Waals surface area contributed by atoms with Gasteiger partial charge in [-0.25, -0.2) is 4.90 Å². The van der Waals surface area contributed by atoms with Crippen LogP contribution < -0.4 is 4.90 Å². The summed E-state index contributed by atoms with van der Waals surface area (Å²) in [6, 6.07) is 17.7. The largest absolute Gasteiger partial charge is 0.395 e. The lowest BCUT2D eigenvalue weighted by atomic mass is 10.0. The van der Waals surface area contributed by atoms with Crippen LogP contribution in [0.3, 0.4) is 0 Å². The minimum absolute atomic E-state index is 0.0991. The summed E-state index contributed by atoms with van der Waals surface area (Å²) in [5.41, 5.74) is 2.44. The van der Waals surface area contributed by atoms with Gasteiger partial charge in [0.15, 0.2) is 0 Å². The molecule has 2 amide bonds. The molecule has 0 unspecified atom stereocenters. The average Bonchev–Trinajstić information content (AvgIpc) is 3.05. The lowest BCUT2D eigenvalue weighted by Crippen LogP contribution is -2.48. The van der Waals surface area contributed by atoms with Crippen molar-refractivity contribution in [1.29, 1.82) is 5.26 Å². The number of hydrogen-bond donors (Lipinski definition) is 1. The van der Waals surface area contributed by atoms with Gasteiger partial charge in [-0.05, 0) is 29.8 Å². The highest BCUT2D eigenvalue weighted by molar-refractivity contribution is 6.45. The Labute approximate surface area is 175 Å². The number of amides is 2. The second kappa shape index (κ2) is 8.49. The van der Waals surface area contributed by atoms with Crippen molar-refractivity contribution < 1.29 is 14.7 Å². The summed E-state index contributed by atoms with van der Waals surface area (Å²) in [6.45, 7) is 3.33. The highest BCUT2D eigenvalue weighted by atomic mass is 16.3. The Morgan fingerprint density at radius 2 is 1.57 bits per heavy atom. The van der Waals surface area contributed by atoms with Crippen LogP contribution in [0.5, 0.6) is 0 Å². The van der Waals surface area contributed by atoms with E-state index in [2.05, 4.69) is 4.90 Å². The van der Waals surface area contributed by atoms with E-state index in [1.165, 1.54) is 4.90 Å². The van der Waals surface area contributed by atoms with Crippen LogP contribution in [0.1, 0.15) is 11.1 Å². The molecule has 0 aliphatic carbocycles. The fourth-order valence-corrected chi connectivity index (χ4v) is 3.93. The van der Waals surface area contributed by atoms with Crippen LogP contribution >= 0.6 is 0 Å². The van der Waals surface area contributed by atoms with Gasteiger partial charge < -0.3 is 10.0 Å². The van der Waals surface area contributed by atoms with Crippen LogP contribution in [-0.2, 0) is 9.59 Å². The lowest BCUT2D eigenvalue weighted by molar-refractivity contribution is -0.120. The van der Waals surface area contributed by atoms with Gasteiger partial charge >= 0.3 is 0 Å². The van der Waals surface area contributed by atoms with E-state index >= 15 is 0 Å². The Morgan fingerprint density at radius 1 is 0.900 bits per heavy atom. The van der Waals surface area contributed by atoms with E-state index in [1.54, 1.807) is 24.3 Å². The third-order valence-electron chi connectivity index (χ3n) is 5.48. The average molecular weight is 402 g/mol. The normalized spacial score (nSPS) is 17.6. The number of hydrogen-bond acceptors (Lipinski definition) is 6. The molecule has 2 aliphatic heterocycles. The summed E-state index contributed by atoms with van der Waals surface area (Å²) < 4.78 is 0. The van der Waals surface area contributed by atoms with Crippen LogP contribution in [-0.4, -0.2) is 66.1 Å². The number of carbonyl (C=O) groups excluding carboxylic acids is 2. The Balaban J connectivity index is 1.71. The molecule has 7 nitrogen and oxygen atoms in total. The van der Waals surface area contributed by atoms with Crippen LogP contribution in [0, 0.1) is 11.3 Å². The second-order valence-electron chi connectivity index (χ2n) is 7.25. The van der Waals surface area contributed by atoms with Gasteiger partial charge in [-0.2, -0.15) is 5.26 Å². The molecular formula is C23H22N4O3. The number of carbonyl (C=O) groups is 2. The monoisotopic (exact) mass is 402 g/mol. The van der Waals surface area contributed by atoms with Crippen molar-refractivity contribution >= 4 is 23.1 Å². The first-order valence-electron chi connectivity index (χ1n) is 9.91. The van der Waals surface area contributed by atoms with Gasteiger partial charge in [-0.3, -0.25) is 14.5 Å². The third kappa shape index (κ3) is 3.59. The number of aliphatic hydroxyl groups is 1. The molecule has 0 aromatic heterocycles. The number of aliphatic hydroxyl groups excluding tert-OH is 1. The van der Waals surface area contributed by atoms with Gasteiger partial charge in [0, 0.05) is 32.7 Å². The van der Waals surface area contributed by atoms with E-state index in [1.807, 2.05) is 41.3 Å². The zero-order valence-corrected chi connectivity index (χ0v) is 16.5. The highest BCUT2D eigenvalue weighted by Gasteiger charge is 2.42. The summed E-state index contributed by atoms with van der Waals surface area (Å²) in [4.78, 5) is 32.2. The number of nitrogens with zero attached hydrogens (tertiary/aromatic N) is 4. The van der Waals surface area contributed by atoms with Gasteiger partial charge in [0.05, 0.1) is 29.5 Å². The van der Waals surface area contributed by atoms with E-state index in [-0.39, 0.29) is 18.4 Å². The van der Waals surface area contributed by atoms with Crippen molar-refractivity contribution in [2.45, 2.75) is 0 Å². The zero-order chi connectivity index (χ0) is 21.1. The SMILES string of the molecule is N#Cc1ccc(N2C(=O)C(c3ccccc3)=C(N3CCN(CCO)CC3)C2=O)cc1. The van der Waals surface area contributed by atoms with Crippen molar-refractivity contribution in [3.8, 4) is 6.07 Å². The number of rotatable bonds is 5. The first-order valence-corrected chi connectivity index (χ1v) is 9.91. The molecule has 1 N–H and O–H groups in total. The molecule has 4 rings (SSSR count). The number of anilines is 1. The highest BCUT2D eigenvalue weighted by Crippen LogP contribution is 2.35. The molecule has 1 fully saturated rings. The van der Waals surface area contributed by atoms with E-state index in [9.17, 15) is 14.7 Å². The lowest BCUT2D eigenvalue weighted by Gasteiger charge is -2.36. The minimum atomic E-state index is -0.358. The maximum atomic E-state index is 13.4. The molecule has 1 saturated heterocycles. The Morgan fingerprint density at radius 3 is 2.17 bits per heavy atom. The molecule has 152 valence electrons. The summed E-state index contributed by atoms with van der Waals surface area (Å²) in [6.07, 6.45) is 0. The number of nitriles is 1. The smallest absolute Gasteiger partial charge is 0.282 e. The first kappa shape index (κ1) is 19.8. The van der Waals surface area contributed by atoms with E-state index in [0.717, 1.165) is 0 Å². The number of piperazine rings is 1. The first-order chi connectivity index (χ1) is 14.6. The molecule has 0 radical (unpaired) electrons. The van der Waals surface area contributed by atoms with Crippen molar-refractivity contribution in [2.24, 2.45) is 0 Å². The molecule has 2 heterocycles. The summed E-state index contributed by atoms with van der Waals surface area (Å²) in [5.74, 6) is -0.706. The van der Waals surface area contributed by atoms with Crippen LogP contribution in [0.15, 0.2) is 60.3 Å². The number of imide groups is 1. The van der Waals surface area contributed by atoms with Gasteiger partial charge in [-0.15, -0.1) is 0 Å². The number of β-amino-alcohol motifs (C(OH)–C–C–N with tert-alkyl or cyclic N) is 1. The fourth-order valence-electron chi connectivity index (χ4n) is 3.93. The van der Waals surface area contributed by atoms with E-state index < -0.39 is 0 Å². The predicted octanol–water partition coefficient (Wildman–Crippen LogP) is 1.45. The Bertz CT molecular complexity index is 1020. The summed E-state index contributed by atoms with van der Waals surface area (Å²) >= 11 is 0. The molecule has 7 heteroatoms. The van der Waals surface area contributed by atoms with Crippen molar-refractivity contribution in [1.82, 2.24) is 9.80 Å². The van der Waals surface area contributed by atoms with Gasteiger partial charge in [0.1, 0.15) is 5.70 Å². The van der Waals surface area contributed by atoms with Crippen molar-refractivity contribution in [3.63, 3.8) is 0 Å². The van der Waals surface area contributed by atoms with Crippen LogP contribution in [0.2, 0.25) is 0 Å². The van der Waals surface area contributed by atoms with Gasteiger partial charge in [0.2, 0.25) is 0 Å². The van der Waals surface area contributed by atoms with E-state index in [4.69, 9.17) is 5.26 Å². The van der Waals surface area contributed by atoms with Crippen molar-refractivity contribution in [3.05, 3.63) is 71.4 Å². The van der Waals surface area contributed by atoms with E-state index in [0.29, 0.717) is 60.8 Å². The Kier molecular flexibility index (Phi) is 5.61. The molecule has 0 bridgehead atoms. The van der Waals surface area contributed by atoms with Crippen LogP contribution in [0.25, 0.3) is 5.57 Å². The predicted molar refractivity (Wildman–Crippen MR) is 112 cm³/mol. The summed E-state index contributed by atoms with van der Waals surface area (Å²) in [7, 11) is 0. The topological polar surface area (TPSA) is 87.9 Å². The fraction of sp³-hybridized carbons (Fsp3) is 0.261. The minimum Gasteiger partial charge on any atom is -0.395 e. The summed E-state index contributed by atoms with van der Waals surface area (Å²) in [5, 5.41) is 18.2. The number of benzene rings is 2. The molecule has 2 aromatic rings. The second-order valence-corrected chi connectivity index (χ2v) is 7.25. The molecule has 0 saturated carbocycles. The molecular weight excluding hydrogens is 380 g/mol. The van der Waals surface area contributed by atoms with Gasteiger partial charge in [-0.1, -0.05) is 30.3 Å². The molecule has 30 heavy (non-hydrogen) atoms. The molecule has 0 spiro atoms. The standard InChI is InChI=1S/C23H22N4O3/c24-16-17-6-8-19(9-7-17)27-22(29)20(18-4-2-1-3-5-18)21(23(27)30)26-12-10-25(11-13-26)14-15-28/h1-9,28H,10-15H2. The zero-order valence-electron chi connectivity index (χ0n) is 16.5. The van der Waals surface area contributed by atoms with Gasteiger partial charge in [0.25, 0.3) is 11.8 Å². The van der Waals surface area contributed by atoms with Crippen molar-refractivity contribution in [2.75, 3.05) is 44.2 Å². The molecule has 0 atom stereocenters. The maximum absolute atomic E-state index is 13.4. The quantitative estimate of drug-likeness (QED) is 0.762. The third-order valence-corrected chi connectivity index (χ3v) is 5.48. The molecule has 2 aromatic carbocycles. The maximum Gasteiger partial charge on any atom is 0.282 e. The van der Waals surface area contributed by atoms with Crippen LogP contribution in [0.4, 0.5) is 5.69 Å².